The monoisotopic (exact) mass is 383 g/mol. The van der Waals surface area contributed by atoms with Gasteiger partial charge < -0.3 is 4.74 Å². The lowest BCUT2D eigenvalue weighted by molar-refractivity contribution is 0.439. The first-order valence-corrected chi connectivity index (χ1v) is 9.91. The Morgan fingerprint density at radius 1 is 0.852 bits per heavy atom. The van der Waals surface area contributed by atoms with E-state index in [1.54, 1.807) is 43.3 Å². The molecule has 140 valence electrons. The van der Waals surface area contributed by atoms with Crippen molar-refractivity contribution in [2.45, 2.75) is 32.6 Å². The van der Waals surface area contributed by atoms with E-state index in [1.165, 1.54) is 0 Å². The third-order valence-corrected chi connectivity index (χ3v) is 5.44. The van der Waals surface area contributed by atoms with Crippen LogP contribution >= 0.6 is 0 Å². The SMILES string of the molecule is Cc1ccc(S(=O)(=O)Nc2ccc(Oc3nc(C)cc(C)n3)cc2)c(C)c1. The Morgan fingerprint density at radius 2 is 1.48 bits per heavy atom. The number of hydrogen-bond donors (Lipinski definition) is 1. The first-order valence-electron chi connectivity index (χ1n) is 8.43. The van der Waals surface area contributed by atoms with Gasteiger partial charge in [0.2, 0.25) is 0 Å². The van der Waals surface area contributed by atoms with Crippen molar-refractivity contribution in [2.24, 2.45) is 0 Å². The highest BCUT2D eigenvalue weighted by molar-refractivity contribution is 7.92. The van der Waals surface area contributed by atoms with E-state index in [1.807, 2.05) is 32.9 Å². The van der Waals surface area contributed by atoms with Gasteiger partial charge >= 0.3 is 6.01 Å². The van der Waals surface area contributed by atoms with Crippen LogP contribution in [0.25, 0.3) is 0 Å². The van der Waals surface area contributed by atoms with Crippen molar-refractivity contribution < 1.29 is 13.2 Å². The normalized spacial score (nSPS) is 11.3. The molecule has 0 aliphatic heterocycles. The molecular weight excluding hydrogens is 362 g/mol. The Morgan fingerprint density at radius 3 is 2.07 bits per heavy atom. The molecule has 0 amide bonds. The molecule has 1 N–H and O–H groups in total. The smallest absolute Gasteiger partial charge is 0.322 e. The molecule has 3 rings (SSSR count). The number of sulfonamides is 1. The predicted molar refractivity (Wildman–Crippen MR) is 105 cm³/mol. The van der Waals surface area contributed by atoms with Gasteiger partial charge in [-0.1, -0.05) is 17.7 Å². The fourth-order valence-corrected chi connectivity index (χ4v) is 4.03. The molecule has 0 unspecified atom stereocenters. The lowest BCUT2D eigenvalue weighted by Crippen LogP contribution is -2.14. The van der Waals surface area contributed by atoms with E-state index >= 15 is 0 Å². The highest BCUT2D eigenvalue weighted by Crippen LogP contribution is 2.24. The molecule has 0 bridgehead atoms. The average Bonchev–Trinajstić information content (AvgIpc) is 2.55. The lowest BCUT2D eigenvalue weighted by Gasteiger charge is -2.11. The second-order valence-electron chi connectivity index (χ2n) is 6.43. The maximum Gasteiger partial charge on any atom is 0.322 e. The summed E-state index contributed by atoms with van der Waals surface area (Å²) in [4.78, 5) is 8.71. The maximum atomic E-state index is 12.6. The van der Waals surface area contributed by atoms with Crippen molar-refractivity contribution in [3.8, 4) is 11.8 Å². The third-order valence-electron chi connectivity index (χ3n) is 3.90. The molecule has 2 aromatic carbocycles. The summed E-state index contributed by atoms with van der Waals surface area (Å²) in [7, 11) is -3.66. The lowest BCUT2D eigenvalue weighted by atomic mass is 10.2. The number of aryl methyl sites for hydroxylation is 4. The largest absolute Gasteiger partial charge is 0.424 e. The molecule has 7 heteroatoms. The first-order chi connectivity index (χ1) is 12.7. The summed E-state index contributed by atoms with van der Waals surface area (Å²) < 4.78 is 33.5. The Bertz CT molecular complexity index is 1060. The predicted octanol–water partition coefficient (Wildman–Crippen LogP) is 4.30. The second kappa shape index (κ2) is 7.36. The Labute approximate surface area is 159 Å². The molecule has 0 atom stereocenters. The van der Waals surface area contributed by atoms with Crippen LogP contribution in [-0.4, -0.2) is 18.4 Å². The van der Waals surface area contributed by atoms with E-state index < -0.39 is 10.0 Å². The molecule has 0 radical (unpaired) electrons. The van der Waals surface area contributed by atoms with Gasteiger partial charge in [0.05, 0.1) is 4.90 Å². The maximum absolute atomic E-state index is 12.6. The molecule has 0 saturated heterocycles. The number of aromatic nitrogens is 2. The zero-order valence-corrected chi connectivity index (χ0v) is 16.5. The summed E-state index contributed by atoms with van der Waals surface area (Å²) in [6.07, 6.45) is 0. The van der Waals surface area contributed by atoms with E-state index in [0.29, 0.717) is 17.0 Å². The summed E-state index contributed by atoms with van der Waals surface area (Å²) in [5.74, 6) is 0.523. The van der Waals surface area contributed by atoms with Gasteiger partial charge in [0, 0.05) is 17.1 Å². The number of benzene rings is 2. The standard InChI is InChI=1S/C20H21N3O3S/c1-13-5-10-19(14(2)11-13)27(24,25)23-17-6-8-18(9-7-17)26-20-21-15(3)12-16(4)22-20/h5-12,23H,1-4H3. The van der Waals surface area contributed by atoms with Gasteiger partial charge in [-0.3, -0.25) is 4.72 Å². The van der Waals surface area contributed by atoms with Gasteiger partial charge in [-0.15, -0.1) is 0 Å². The summed E-state index contributed by atoms with van der Waals surface area (Å²) in [5, 5.41) is 0. The average molecular weight is 383 g/mol. The summed E-state index contributed by atoms with van der Waals surface area (Å²) in [6, 6.07) is 14.0. The van der Waals surface area contributed by atoms with Crippen molar-refractivity contribution in [3.63, 3.8) is 0 Å². The molecular formula is C20H21N3O3S. The van der Waals surface area contributed by atoms with Gasteiger partial charge in [-0.05, 0) is 69.7 Å². The topological polar surface area (TPSA) is 81.2 Å². The van der Waals surface area contributed by atoms with E-state index in [0.717, 1.165) is 17.0 Å². The van der Waals surface area contributed by atoms with Gasteiger partial charge in [0.1, 0.15) is 5.75 Å². The van der Waals surface area contributed by atoms with Crippen LogP contribution in [0.5, 0.6) is 11.8 Å². The molecule has 27 heavy (non-hydrogen) atoms. The Balaban J connectivity index is 1.77. The minimum Gasteiger partial charge on any atom is -0.424 e. The van der Waals surface area contributed by atoms with Crippen LogP contribution < -0.4 is 9.46 Å². The quantitative estimate of drug-likeness (QED) is 0.710. The third kappa shape index (κ3) is 4.62. The molecule has 0 saturated carbocycles. The Kier molecular flexibility index (Phi) is 5.14. The van der Waals surface area contributed by atoms with E-state index in [4.69, 9.17) is 4.74 Å². The van der Waals surface area contributed by atoms with Gasteiger partial charge in [-0.2, -0.15) is 0 Å². The van der Waals surface area contributed by atoms with Crippen molar-refractivity contribution in [1.82, 2.24) is 9.97 Å². The summed E-state index contributed by atoms with van der Waals surface area (Å²) in [5.41, 5.74) is 3.80. The van der Waals surface area contributed by atoms with Crippen LogP contribution in [0.3, 0.4) is 0 Å². The molecule has 1 aromatic heterocycles. The number of nitrogens with one attached hydrogen (secondary N) is 1. The highest BCUT2D eigenvalue weighted by atomic mass is 32.2. The van der Waals surface area contributed by atoms with E-state index in [-0.39, 0.29) is 10.9 Å². The molecule has 1 heterocycles. The fourth-order valence-electron chi connectivity index (χ4n) is 2.75. The van der Waals surface area contributed by atoms with Crippen molar-refractivity contribution in [2.75, 3.05) is 4.72 Å². The van der Waals surface area contributed by atoms with Crippen LogP contribution in [-0.2, 0) is 10.0 Å². The number of nitrogens with zero attached hydrogens (tertiary/aromatic N) is 2. The fraction of sp³-hybridized carbons (Fsp3) is 0.200. The molecule has 0 aliphatic rings. The molecule has 0 fully saturated rings. The van der Waals surface area contributed by atoms with Crippen LogP contribution in [0.15, 0.2) is 53.4 Å². The van der Waals surface area contributed by atoms with E-state index in [2.05, 4.69) is 14.7 Å². The second-order valence-corrected chi connectivity index (χ2v) is 8.08. The van der Waals surface area contributed by atoms with Gasteiger partial charge in [-0.25, -0.2) is 18.4 Å². The van der Waals surface area contributed by atoms with Crippen molar-refractivity contribution >= 4 is 15.7 Å². The highest BCUT2D eigenvalue weighted by Gasteiger charge is 2.17. The van der Waals surface area contributed by atoms with Crippen LogP contribution in [0, 0.1) is 27.7 Å². The molecule has 0 spiro atoms. The van der Waals surface area contributed by atoms with Crippen LogP contribution in [0.2, 0.25) is 0 Å². The molecule has 0 aliphatic carbocycles. The summed E-state index contributed by atoms with van der Waals surface area (Å²) >= 11 is 0. The number of anilines is 1. The summed E-state index contributed by atoms with van der Waals surface area (Å²) in [6.45, 7) is 7.44. The molecule has 6 nitrogen and oxygen atoms in total. The van der Waals surface area contributed by atoms with Gasteiger partial charge in [0.25, 0.3) is 10.0 Å². The van der Waals surface area contributed by atoms with Crippen LogP contribution in [0.4, 0.5) is 5.69 Å². The first kappa shape index (κ1) is 18.8. The Hall–Kier alpha value is -2.93. The van der Waals surface area contributed by atoms with Gasteiger partial charge in [0.15, 0.2) is 0 Å². The number of ether oxygens (including phenoxy) is 1. The van der Waals surface area contributed by atoms with Crippen molar-refractivity contribution in [3.05, 3.63) is 71.0 Å². The molecule has 3 aromatic rings. The van der Waals surface area contributed by atoms with Crippen molar-refractivity contribution in [1.29, 1.82) is 0 Å². The minimum atomic E-state index is -3.66. The zero-order chi connectivity index (χ0) is 19.6. The zero-order valence-electron chi connectivity index (χ0n) is 15.6. The van der Waals surface area contributed by atoms with E-state index in [9.17, 15) is 8.42 Å². The minimum absolute atomic E-state index is 0.260. The number of rotatable bonds is 5. The van der Waals surface area contributed by atoms with Crippen LogP contribution in [0.1, 0.15) is 22.5 Å². The number of hydrogen-bond acceptors (Lipinski definition) is 5.